The minimum atomic E-state index is -0.667. The van der Waals surface area contributed by atoms with Crippen LogP contribution in [-0.4, -0.2) is 25.0 Å². The second kappa shape index (κ2) is 5.96. The van der Waals surface area contributed by atoms with Crippen LogP contribution in [0.5, 0.6) is 0 Å². The van der Waals surface area contributed by atoms with Crippen LogP contribution in [0.15, 0.2) is 0 Å². The molecule has 64 valence electrons. The number of carbonyl (C=O) groups excluding carboxylic acids is 2. The fraction of sp³-hybridized carbons (Fsp3) is 0.500. The summed E-state index contributed by atoms with van der Waals surface area (Å²) in [6.45, 7) is -0.514. The summed E-state index contributed by atoms with van der Waals surface area (Å²) in [6.07, 6.45) is 0. The Morgan fingerprint density at radius 1 is 1.09 bits per heavy atom. The van der Waals surface area contributed by atoms with Gasteiger partial charge in [0.2, 0.25) is 0 Å². The van der Waals surface area contributed by atoms with E-state index in [1.54, 1.807) is 0 Å². The van der Waals surface area contributed by atoms with E-state index < -0.39 is 11.9 Å². The Morgan fingerprint density at radius 3 is 1.73 bits per heavy atom. The first kappa shape index (κ1) is 10.2. The topological polar surface area (TPSA) is 105 Å². The van der Waals surface area contributed by atoms with Crippen LogP contribution in [0.4, 0.5) is 0 Å². The second-order valence-corrected chi connectivity index (χ2v) is 1.86. The zero-order valence-corrected chi connectivity index (χ0v) is 6.43. The van der Waals surface area contributed by atoms with Crippen molar-refractivity contribution >= 4 is 24.3 Å². The summed E-state index contributed by atoms with van der Waals surface area (Å²) in [7, 11) is 0. The quantitative estimate of drug-likeness (QED) is 0.510. The van der Waals surface area contributed by atoms with Crippen molar-refractivity contribution in [2.75, 3.05) is 13.1 Å². The van der Waals surface area contributed by atoms with Gasteiger partial charge in [0.15, 0.2) is 0 Å². The minimum Gasteiger partial charge on any atom is -0.353 e. The minimum absolute atomic E-state index is 0.257. The third kappa shape index (κ3) is 5.64. The summed E-state index contributed by atoms with van der Waals surface area (Å²) in [5, 5.41) is 0. The van der Waals surface area contributed by atoms with E-state index in [9.17, 15) is 9.59 Å². The molecule has 0 aromatic rings. The number of hydrogen-bond acceptors (Lipinski definition) is 7. The standard InChI is InChI=1S/C4H8N2O4S/c5-1-3(7)9-11-10-4(8)2-6/h1-2,5-6H2. The molecule has 0 aliphatic rings. The summed E-state index contributed by atoms with van der Waals surface area (Å²) in [5.41, 5.74) is 9.74. The Hall–Kier alpha value is -0.790. The fourth-order valence-electron chi connectivity index (χ4n) is 0.161. The molecular formula is C4H8N2O4S. The molecule has 0 aromatic carbocycles. The van der Waals surface area contributed by atoms with E-state index in [1.165, 1.54) is 0 Å². The molecule has 0 amide bonds. The molecule has 6 nitrogen and oxygen atoms in total. The summed E-state index contributed by atoms with van der Waals surface area (Å²) in [4.78, 5) is 20.6. The molecule has 0 bridgehead atoms. The zero-order chi connectivity index (χ0) is 8.69. The monoisotopic (exact) mass is 180 g/mol. The van der Waals surface area contributed by atoms with Gasteiger partial charge in [0.05, 0.1) is 13.1 Å². The highest BCUT2D eigenvalue weighted by molar-refractivity contribution is 7.90. The van der Waals surface area contributed by atoms with Crippen molar-refractivity contribution in [3.8, 4) is 0 Å². The molecule has 0 heterocycles. The third-order valence-corrected chi connectivity index (χ3v) is 1.10. The molecule has 0 saturated carbocycles. The number of nitrogens with two attached hydrogens (primary N) is 2. The van der Waals surface area contributed by atoms with Crippen LogP contribution in [0, 0.1) is 0 Å². The van der Waals surface area contributed by atoms with Crippen molar-refractivity contribution in [2.24, 2.45) is 11.5 Å². The predicted molar refractivity (Wildman–Crippen MR) is 37.9 cm³/mol. The van der Waals surface area contributed by atoms with Gasteiger partial charge < -0.3 is 19.8 Å². The van der Waals surface area contributed by atoms with Gasteiger partial charge in [0.25, 0.3) is 12.3 Å². The molecule has 0 aromatic heterocycles. The summed E-state index contributed by atoms with van der Waals surface area (Å²) in [6, 6.07) is 0. The van der Waals surface area contributed by atoms with Gasteiger partial charge in [0, 0.05) is 0 Å². The Bertz CT molecular complexity index is 135. The van der Waals surface area contributed by atoms with Crippen LogP contribution in [0.2, 0.25) is 0 Å². The maximum absolute atomic E-state index is 10.3. The van der Waals surface area contributed by atoms with E-state index in [4.69, 9.17) is 11.5 Å². The van der Waals surface area contributed by atoms with E-state index in [-0.39, 0.29) is 25.4 Å². The fourth-order valence-corrected chi connectivity index (χ4v) is 0.483. The Labute approximate surface area is 67.6 Å². The first-order chi connectivity index (χ1) is 5.20. The number of hydrogen-bond donors (Lipinski definition) is 2. The van der Waals surface area contributed by atoms with Crippen LogP contribution >= 0.6 is 12.3 Å². The van der Waals surface area contributed by atoms with Crippen LogP contribution in [0.25, 0.3) is 0 Å². The average Bonchev–Trinajstić information content (AvgIpc) is 2.04. The van der Waals surface area contributed by atoms with Crippen LogP contribution in [0.1, 0.15) is 0 Å². The Morgan fingerprint density at radius 2 is 1.45 bits per heavy atom. The van der Waals surface area contributed by atoms with Crippen LogP contribution < -0.4 is 11.5 Å². The normalized spacial score (nSPS) is 8.91. The Kier molecular flexibility index (Phi) is 5.53. The van der Waals surface area contributed by atoms with Crippen molar-refractivity contribution < 1.29 is 18.0 Å². The van der Waals surface area contributed by atoms with E-state index in [0.29, 0.717) is 0 Å². The lowest BCUT2D eigenvalue weighted by Gasteiger charge is -1.98. The van der Waals surface area contributed by atoms with E-state index >= 15 is 0 Å². The largest absolute Gasteiger partial charge is 0.353 e. The van der Waals surface area contributed by atoms with Gasteiger partial charge in [-0.3, -0.25) is 0 Å². The van der Waals surface area contributed by atoms with Gasteiger partial charge in [0.1, 0.15) is 0 Å². The van der Waals surface area contributed by atoms with Gasteiger partial charge >= 0.3 is 11.9 Å². The lowest BCUT2D eigenvalue weighted by Crippen LogP contribution is -2.16. The highest BCUT2D eigenvalue weighted by Crippen LogP contribution is 2.03. The smallest absolute Gasteiger partial charge is 0.334 e. The zero-order valence-electron chi connectivity index (χ0n) is 5.61. The van der Waals surface area contributed by atoms with E-state index in [2.05, 4.69) is 8.37 Å². The molecular weight excluding hydrogens is 172 g/mol. The molecule has 0 radical (unpaired) electrons. The molecule has 0 aliphatic heterocycles. The molecule has 0 spiro atoms. The van der Waals surface area contributed by atoms with Crippen LogP contribution in [0.3, 0.4) is 0 Å². The van der Waals surface area contributed by atoms with E-state index in [0.717, 1.165) is 0 Å². The SMILES string of the molecule is NCC(=O)OSOC(=O)CN. The molecule has 0 atom stereocenters. The van der Waals surface area contributed by atoms with Crippen molar-refractivity contribution in [1.82, 2.24) is 0 Å². The highest BCUT2D eigenvalue weighted by Gasteiger charge is 2.04. The Balaban J connectivity index is 3.27. The predicted octanol–water partition coefficient (Wildman–Crippen LogP) is -1.45. The van der Waals surface area contributed by atoms with Crippen molar-refractivity contribution in [3.63, 3.8) is 0 Å². The van der Waals surface area contributed by atoms with Gasteiger partial charge in [-0.05, 0) is 0 Å². The molecule has 0 rings (SSSR count). The molecule has 11 heavy (non-hydrogen) atoms. The van der Waals surface area contributed by atoms with Crippen LogP contribution in [-0.2, 0) is 18.0 Å². The number of rotatable bonds is 4. The third-order valence-electron chi connectivity index (χ3n) is 0.587. The summed E-state index contributed by atoms with van der Waals surface area (Å²) >= 11 is 0.260. The molecule has 0 unspecified atom stereocenters. The summed E-state index contributed by atoms with van der Waals surface area (Å²) < 4.78 is 8.44. The average molecular weight is 180 g/mol. The lowest BCUT2D eigenvalue weighted by atomic mass is 10.7. The van der Waals surface area contributed by atoms with Crippen molar-refractivity contribution in [1.29, 1.82) is 0 Å². The highest BCUT2D eigenvalue weighted by atomic mass is 32.2. The molecule has 0 saturated heterocycles. The first-order valence-corrected chi connectivity index (χ1v) is 3.34. The lowest BCUT2D eigenvalue weighted by molar-refractivity contribution is -0.134. The summed E-state index contributed by atoms with van der Waals surface area (Å²) in [5.74, 6) is -1.33. The van der Waals surface area contributed by atoms with Gasteiger partial charge in [-0.1, -0.05) is 0 Å². The molecule has 0 aliphatic carbocycles. The van der Waals surface area contributed by atoms with Gasteiger partial charge in [-0.2, -0.15) is 0 Å². The second-order valence-electron chi connectivity index (χ2n) is 1.39. The van der Waals surface area contributed by atoms with Gasteiger partial charge in [-0.25, -0.2) is 9.59 Å². The van der Waals surface area contributed by atoms with Gasteiger partial charge in [-0.15, -0.1) is 0 Å². The van der Waals surface area contributed by atoms with Crippen molar-refractivity contribution in [2.45, 2.75) is 0 Å². The molecule has 4 N–H and O–H groups in total. The van der Waals surface area contributed by atoms with Crippen molar-refractivity contribution in [3.05, 3.63) is 0 Å². The first-order valence-electron chi connectivity index (χ1n) is 2.67. The van der Waals surface area contributed by atoms with E-state index in [1.807, 2.05) is 0 Å². The molecule has 7 heteroatoms. The number of carbonyl (C=O) groups is 2. The maximum atomic E-state index is 10.3. The maximum Gasteiger partial charge on any atom is 0.334 e. The molecule has 0 fully saturated rings.